The van der Waals surface area contributed by atoms with E-state index in [1.165, 1.54) is 5.56 Å². The number of likely N-dealkylation sites (N-methyl/N-ethyl adjacent to an activating group) is 1. The van der Waals surface area contributed by atoms with Crippen LogP contribution in [0.4, 0.5) is 0 Å². The minimum atomic E-state index is 0.257. The summed E-state index contributed by atoms with van der Waals surface area (Å²) in [4.78, 5) is 10.1. The summed E-state index contributed by atoms with van der Waals surface area (Å²) < 4.78 is 0. The number of benzene rings is 1. The molecule has 0 radical (unpaired) electrons. The smallest absolute Gasteiger partial charge is 0.107 e. The zero-order valence-corrected chi connectivity index (χ0v) is 11.4. The SMILES string of the molecule is CCCc1nc2ccc(C(CN)N(C)C)cc2[nH]1. The molecule has 98 valence electrons. The zero-order chi connectivity index (χ0) is 13.1. The van der Waals surface area contributed by atoms with Gasteiger partial charge in [-0.1, -0.05) is 13.0 Å². The predicted molar refractivity (Wildman–Crippen MR) is 75.6 cm³/mol. The van der Waals surface area contributed by atoms with E-state index in [2.05, 4.69) is 54.1 Å². The molecule has 3 N–H and O–H groups in total. The molecule has 2 aromatic rings. The third kappa shape index (κ3) is 2.54. The van der Waals surface area contributed by atoms with E-state index in [9.17, 15) is 0 Å². The lowest BCUT2D eigenvalue weighted by Crippen LogP contribution is -2.27. The van der Waals surface area contributed by atoms with E-state index in [0.29, 0.717) is 6.54 Å². The number of rotatable bonds is 5. The summed E-state index contributed by atoms with van der Waals surface area (Å²) in [5.74, 6) is 1.07. The minimum absolute atomic E-state index is 0.257. The van der Waals surface area contributed by atoms with Gasteiger partial charge >= 0.3 is 0 Å². The van der Waals surface area contributed by atoms with E-state index >= 15 is 0 Å². The standard InChI is InChI=1S/C14H22N4/c1-4-5-14-16-11-7-6-10(8-12(11)17-14)13(9-15)18(2)3/h6-8,13H,4-5,9,15H2,1-3H3,(H,16,17). The molecule has 0 fully saturated rings. The first-order valence-corrected chi connectivity index (χ1v) is 6.50. The van der Waals surface area contributed by atoms with Crippen molar-refractivity contribution in [2.24, 2.45) is 5.73 Å². The van der Waals surface area contributed by atoms with Gasteiger partial charge in [-0.25, -0.2) is 4.98 Å². The number of imidazole rings is 1. The Morgan fingerprint density at radius 1 is 1.39 bits per heavy atom. The molecule has 0 aliphatic carbocycles. The molecule has 0 bridgehead atoms. The maximum absolute atomic E-state index is 5.84. The number of hydrogen-bond acceptors (Lipinski definition) is 3. The van der Waals surface area contributed by atoms with Crippen LogP contribution in [0.1, 0.15) is 30.8 Å². The molecule has 2 rings (SSSR count). The molecule has 0 saturated heterocycles. The van der Waals surface area contributed by atoms with E-state index < -0.39 is 0 Å². The number of aromatic nitrogens is 2. The lowest BCUT2D eigenvalue weighted by Gasteiger charge is -2.22. The van der Waals surface area contributed by atoms with Crippen molar-refractivity contribution >= 4 is 11.0 Å². The van der Waals surface area contributed by atoms with Gasteiger partial charge in [-0.3, -0.25) is 0 Å². The fourth-order valence-corrected chi connectivity index (χ4v) is 2.29. The molecule has 1 unspecified atom stereocenters. The number of nitrogens with one attached hydrogen (secondary N) is 1. The highest BCUT2D eigenvalue weighted by molar-refractivity contribution is 5.76. The third-order valence-corrected chi connectivity index (χ3v) is 3.27. The zero-order valence-electron chi connectivity index (χ0n) is 11.4. The number of aromatic amines is 1. The van der Waals surface area contributed by atoms with Crippen LogP contribution in [0.25, 0.3) is 11.0 Å². The van der Waals surface area contributed by atoms with Crippen LogP contribution >= 0.6 is 0 Å². The average Bonchev–Trinajstić information content (AvgIpc) is 2.71. The van der Waals surface area contributed by atoms with Crippen molar-refractivity contribution in [2.45, 2.75) is 25.8 Å². The molecule has 0 aliphatic heterocycles. The van der Waals surface area contributed by atoms with Gasteiger partial charge in [0.25, 0.3) is 0 Å². The van der Waals surface area contributed by atoms with Crippen LogP contribution < -0.4 is 5.73 Å². The summed E-state index contributed by atoms with van der Waals surface area (Å²) in [5, 5.41) is 0. The van der Waals surface area contributed by atoms with Crippen molar-refractivity contribution in [3.05, 3.63) is 29.6 Å². The molecule has 1 atom stereocenters. The quantitative estimate of drug-likeness (QED) is 0.849. The van der Waals surface area contributed by atoms with E-state index in [1.54, 1.807) is 0 Å². The topological polar surface area (TPSA) is 57.9 Å². The highest BCUT2D eigenvalue weighted by Crippen LogP contribution is 2.21. The van der Waals surface area contributed by atoms with E-state index in [1.807, 2.05) is 0 Å². The molecular weight excluding hydrogens is 224 g/mol. The normalized spacial score (nSPS) is 13.4. The molecule has 1 aromatic heterocycles. The Hall–Kier alpha value is -1.39. The lowest BCUT2D eigenvalue weighted by molar-refractivity contribution is 0.306. The van der Waals surface area contributed by atoms with Crippen LogP contribution in [0.3, 0.4) is 0 Å². The van der Waals surface area contributed by atoms with Gasteiger partial charge in [0.2, 0.25) is 0 Å². The highest BCUT2D eigenvalue weighted by Gasteiger charge is 2.13. The molecule has 1 heterocycles. The first-order chi connectivity index (χ1) is 8.65. The fourth-order valence-electron chi connectivity index (χ4n) is 2.29. The Bertz CT molecular complexity index is 515. The lowest BCUT2D eigenvalue weighted by atomic mass is 10.1. The van der Waals surface area contributed by atoms with Crippen molar-refractivity contribution in [1.82, 2.24) is 14.9 Å². The Morgan fingerprint density at radius 2 is 2.17 bits per heavy atom. The Labute approximate surface area is 108 Å². The van der Waals surface area contributed by atoms with Crippen molar-refractivity contribution in [3.8, 4) is 0 Å². The van der Waals surface area contributed by atoms with Gasteiger partial charge in [0.1, 0.15) is 5.82 Å². The summed E-state index contributed by atoms with van der Waals surface area (Å²) in [7, 11) is 4.11. The first kappa shape index (κ1) is 13.1. The van der Waals surface area contributed by atoms with Crippen LogP contribution in [0, 0.1) is 0 Å². The maximum atomic E-state index is 5.84. The van der Waals surface area contributed by atoms with Crippen LogP contribution in [-0.2, 0) is 6.42 Å². The van der Waals surface area contributed by atoms with Gasteiger partial charge in [0.05, 0.1) is 11.0 Å². The molecule has 0 amide bonds. The number of aryl methyl sites for hydroxylation is 1. The second-order valence-corrected chi connectivity index (χ2v) is 4.93. The predicted octanol–water partition coefficient (Wildman–Crippen LogP) is 2.08. The Morgan fingerprint density at radius 3 is 2.78 bits per heavy atom. The second-order valence-electron chi connectivity index (χ2n) is 4.93. The van der Waals surface area contributed by atoms with Gasteiger partial charge < -0.3 is 15.6 Å². The van der Waals surface area contributed by atoms with Crippen molar-refractivity contribution < 1.29 is 0 Å². The molecule has 0 spiro atoms. The van der Waals surface area contributed by atoms with Gasteiger partial charge in [-0.2, -0.15) is 0 Å². The molecule has 18 heavy (non-hydrogen) atoms. The van der Waals surface area contributed by atoms with E-state index in [-0.39, 0.29) is 6.04 Å². The van der Waals surface area contributed by atoms with Crippen molar-refractivity contribution in [3.63, 3.8) is 0 Å². The molecule has 0 saturated carbocycles. The average molecular weight is 246 g/mol. The summed E-state index contributed by atoms with van der Waals surface area (Å²) >= 11 is 0. The third-order valence-electron chi connectivity index (χ3n) is 3.27. The Kier molecular flexibility index (Phi) is 3.99. The summed E-state index contributed by atoms with van der Waals surface area (Å²) in [6.07, 6.45) is 2.10. The Balaban J connectivity index is 2.36. The van der Waals surface area contributed by atoms with Crippen molar-refractivity contribution in [2.75, 3.05) is 20.6 Å². The number of H-pyrrole nitrogens is 1. The monoisotopic (exact) mass is 246 g/mol. The number of nitrogens with zero attached hydrogens (tertiary/aromatic N) is 2. The van der Waals surface area contributed by atoms with Crippen LogP contribution in [0.5, 0.6) is 0 Å². The van der Waals surface area contributed by atoms with Crippen LogP contribution in [-0.4, -0.2) is 35.5 Å². The summed E-state index contributed by atoms with van der Waals surface area (Å²) in [6.45, 7) is 2.78. The molecule has 1 aromatic carbocycles. The molecule has 4 heteroatoms. The maximum Gasteiger partial charge on any atom is 0.107 e. The molecule has 0 aliphatic rings. The van der Waals surface area contributed by atoms with Gasteiger partial charge in [0.15, 0.2) is 0 Å². The van der Waals surface area contributed by atoms with Crippen LogP contribution in [0.15, 0.2) is 18.2 Å². The van der Waals surface area contributed by atoms with Gasteiger partial charge in [0, 0.05) is 19.0 Å². The second kappa shape index (κ2) is 5.50. The van der Waals surface area contributed by atoms with E-state index in [0.717, 1.165) is 29.7 Å². The molecular formula is C14H22N4. The largest absolute Gasteiger partial charge is 0.342 e. The summed E-state index contributed by atoms with van der Waals surface area (Å²) in [5.41, 5.74) is 9.22. The summed E-state index contributed by atoms with van der Waals surface area (Å²) in [6, 6.07) is 6.62. The number of hydrogen-bond donors (Lipinski definition) is 2. The minimum Gasteiger partial charge on any atom is -0.342 e. The highest BCUT2D eigenvalue weighted by atomic mass is 15.1. The first-order valence-electron chi connectivity index (χ1n) is 6.50. The fraction of sp³-hybridized carbons (Fsp3) is 0.500. The number of fused-ring (bicyclic) bond motifs is 1. The van der Waals surface area contributed by atoms with Crippen LogP contribution in [0.2, 0.25) is 0 Å². The van der Waals surface area contributed by atoms with E-state index in [4.69, 9.17) is 5.73 Å². The number of nitrogens with two attached hydrogens (primary N) is 1. The molecule has 4 nitrogen and oxygen atoms in total. The van der Waals surface area contributed by atoms with Gasteiger partial charge in [-0.05, 0) is 38.2 Å². The van der Waals surface area contributed by atoms with Crippen molar-refractivity contribution in [1.29, 1.82) is 0 Å². The van der Waals surface area contributed by atoms with Gasteiger partial charge in [-0.15, -0.1) is 0 Å².